The van der Waals surface area contributed by atoms with Crippen LogP contribution in [0, 0.1) is 0 Å². The van der Waals surface area contributed by atoms with Gasteiger partial charge in [0.1, 0.15) is 0 Å². The lowest BCUT2D eigenvalue weighted by Crippen LogP contribution is -2.35. The molecule has 6 nitrogen and oxygen atoms in total. The van der Waals surface area contributed by atoms with Crippen molar-refractivity contribution in [3.63, 3.8) is 0 Å². The van der Waals surface area contributed by atoms with E-state index in [2.05, 4.69) is 5.32 Å². The molecule has 0 saturated carbocycles. The molecule has 1 aliphatic rings. The Morgan fingerprint density at radius 1 is 1.18 bits per heavy atom. The van der Waals surface area contributed by atoms with Gasteiger partial charge in [-0.1, -0.05) is 29.8 Å². The molecular weight excluding hydrogens is 380 g/mol. The molecule has 0 aromatic heterocycles. The minimum atomic E-state index is -0.949. The molecule has 1 fully saturated rings. The van der Waals surface area contributed by atoms with Crippen LogP contribution in [-0.2, 0) is 20.9 Å². The van der Waals surface area contributed by atoms with Gasteiger partial charge in [0.05, 0.1) is 5.56 Å². The van der Waals surface area contributed by atoms with Crippen LogP contribution >= 0.6 is 11.6 Å². The van der Waals surface area contributed by atoms with Gasteiger partial charge in [-0.25, -0.2) is 4.79 Å². The summed E-state index contributed by atoms with van der Waals surface area (Å²) < 4.78 is 5.24. The van der Waals surface area contributed by atoms with Crippen molar-refractivity contribution >= 4 is 35.1 Å². The number of carbonyl (C=O) groups excluding carboxylic acids is 3. The molecule has 0 spiro atoms. The number of nitrogens with one attached hydrogen (secondary N) is 1. The molecule has 146 valence electrons. The number of amides is 2. The molecule has 28 heavy (non-hydrogen) atoms. The smallest absolute Gasteiger partial charge is 0.338 e. The highest BCUT2D eigenvalue weighted by Gasteiger charge is 2.23. The van der Waals surface area contributed by atoms with Crippen molar-refractivity contribution in [1.29, 1.82) is 0 Å². The number of hydrogen-bond donors (Lipinski definition) is 1. The summed E-state index contributed by atoms with van der Waals surface area (Å²) in [6.45, 7) is 2.45. The largest absolute Gasteiger partial charge is 0.449 e. The van der Waals surface area contributed by atoms with Crippen molar-refractivity contribution < 1.29 is 19.1 Å². The average molecular weight is 401 g/mol. The zero-order valence-corrected chi connectivity index (χ0v) is 16.2. The monoisotopic (exact) mass is 400 g/mol. The Balaban J connectivity index is 1.54. The van der Waals surface area contributed by atoms with Gasteiger partial charge in [-0.05, 0) is 49.2 Å². The molecule has 2 amide bonds. The fourth-order valence-electron chi connectivity index (χ4n) is 2.95. The Morgan fingerprint density at radius 3 is 2.54 bits per heavy atom. The molecule has 0 bridgehead atoms. The summed E-state index contributed by atoms with van der Waals surface area (Å²) in [6.07, 6.45) is 0.434. The van der Waals surface area contributed by atoms with Crippen LogP contribution in [0.15, 0.2) is 48.5 Å². The number of rotatable bonds is 6. The fraction of sp³-hybridized carbons (Fsp3) is 0.286. The van der Waals surface area contributed by atoms with Crippen LogP contribution in [0.5, 0.6) is 0 Å². The number of hydrogen-bond acceptors (Lipinski definition) is 4. The standard InChI is InChI=1S/C21H21ClN2O4/c1-14(20(26)23-13-16-5-2-3-6-18(16)22)28-21(27)15-8-10-17(11-9-15)24-12-4-7-19(24)25/h2-3,5-6,8-11,14H,4,7,12-13H2,1H3,(H,23,26)/t14-/m0/s1. The van der Waals surface area contributed by atoms with Crippen LogP contribution in [0.4, 0.5) is 5.69 Å². The highest BCUT2D eigenvalue weighted by molar-refractivity contribution is 6.31. The zero-order valence-electron chi connectivity index (χ0n) is 15.5. The maximum atomic E-state index is 12.3. The van der Waals surface area contributed by atoms with Crippen LogP contribution in [0.1, 0.15) is 35.7 Å². The first-order chi connectivity index (χ1) is 13.5. The molecular formula is C21H21ClN2O4. The second-order valence-corrected chi connectivity index (χ2v) is 6.96. The third-order valence-corrected chi connectivity index (χ3v) is 4.92. The Morgan fingerprint density at radius 2 is 1.89 bits per heavy atom. The van der Waals surface area contributed by atoms with Gasteiger partial charge in [-0.15, -0.1) is 0 Å². The summed E-state index contributed by atoms with van der Waals surface area (Å²) in [5.74, 6) is -0.925. The molecule has 1 aliphatic heterocycles. The number of benzene rings is 2. The van der Waals surface area contributed by atoms with Crippen LogP contribution < -0.4 is 10.2 Å². The molecule has 0 radical (unpaired) electrons. The third kappa shape index (κ3) is 4.70. The highest BCUT2D eigenvalue weighted by Crippen LogP contribution is 2.22. The van der Waals surface area contributed by atoms with Crippen molar-refractivity contribution in [3.05, 3.63) is 64.7 Å². The summed E-state index contributed by atoms with van der Waals surface area (Å²) in [6, 6.07) is 13.8. The lowest BCUT2D eigenvalue weighted by molar-refractivity contribution is -0.129. The minimum absolute atomic E-state index is 0.0825. The van der Waals surface area contributed by atoms with E-state index in [1.165, 1.54) is 6.92 Å². The van der Waals surface area contributed by atoms with Gasteiger partial charge < -0.3 is 15.0 Å². The van der Waals surface area contributed by atoms with E-state index < -0.39 is 18.0 Å². The second kappa shape index (κ2) is 8.89. The molecule has 0 aliphatic carbocycles. The van der Waals surface area contributed by atoms with Gasteiger partial charge >= 0.3 is 5.97 Å². The number of nitrogens with zero attached hydrogens (tertiary/aromatic N) is 1. The number of anilines is 1. The molecule has 2 aromatic rings. The summed E-state index contributed by atoms with van der Waals surface area (Å²) in [7, 11) is 0. The van der Waals surface area contributed by atoms with Crippen molar-refractivity contribution in [3.8, 4) is 0 Å². The molecule has 3 rings (SSSR count). The lowest BCUT2D eigenvalue weighted by atomic mass is 10.2. The van der Waals surface area contributed by atoms with Crippen molar-refractivity contribution in [2.24, 2.45) is 0 Å². The van der Waals surface area contributed by atoms with E-state index in [0.29, 0.717) is 23.6 Å². The van der Waals surface area contributed by atoms with Gasteiger partial charge in [0.25, 0.3) is 5.91 Å². The Kier molecular flexibility index (Phi) is 6.31. The Bertz CT molecular complexity index is 882. The minimum Gasteiger partial charge on any atom is -0.449 e. The van der Waals surface area contributed by atoms with Crippen molar-refractivity contribution in [1.82, 2.24) is 5.32 Å². The van der Waals surface area contributed by atoms with Crippen LogP contribution in [0.25, 0.3) is 0 Å². The normalized spacial score (nSPS) is 14.6. The highest BCUT2D eigenvalue weighted by atomic mass is 35.5. The van der Waals surface area contributed by atoms with Crippen LogP contribution in [0.3, 0.4) is 0 Å². The average Bonchev–Trinajstić information content (AvgIpc) is 3.13. The number of halogens is 1. The first kappa shape index (κ1) is 19.9. The molecule has 0 unspecified atom stereocenters. The molecule has 1 atom stereocenters. The van der Waals surface area contributed by atoms with Crippen LogP contribution in [-0.4, -0.2) is 30.4 Å². The van der Waals surface area contributed by atoms with E-state index in [1.807, 2.05) is 18.2 Å². The van der Waals surface area contributed by atoms with Crippen molar-refractivity contribution in [2.75, 3.05) is 11.4 Å². The SMILES string of the molecule is C[C@H](OC(=O)c1ccc(N2CCCC2=O)cc1)C(=O)NCc1ccccc1Cl. The number of carbonyl (C=O) groups is 3. The van der Waals surface area contributed by atoms with Gasteiger partial charge in [-0.3, -0.25) is 9.59 Å². The topological polar surface area (TPSA) is 75.7 Å². The van der Waals surface area contributed by atoms with E-state index in [-0.39, 0.29) is 12.5 Å². The third-order valence-electron chi connectivity index (χ3n) is 4.55. The first-order valence-corrected chi connectivity index (χ1v) is 9.46. The maximum Gasteiger partial charge on any atom is 0.338 e. The van der Waals surface area contributed by atoms with Crippen molar-refractivity contribution in [2.45, 2.75) is 32.4 Å². The van der Waals surface area contributed by atoms with E-state index in [1.54, 1.807) is 35.2 Å². The van der Waals surface area contributed by atoms with E-state index >= 15 is 0 Å². The van der Waals surface area contributed by atoms with Gasteiger partial charge in [0.2, 0.25) is 5.91 Å². The lowest BCUT2D eigenvalue weighted by Gasteiger charge is -2.16. The summed E-state index contributed by atoms with van der Waals surface area (Å²) >= 11 is 6.06. The van der Waals surface area contributed by atoms with E-state index in [0.717, 1.165) is 17.7 Å². The first-order valence-electron chi connectivity index (χ1n) is 9.08. The second-order valence-electron chi connectivity index (χ2n) is 6.55. The molecule has 1 heterocycles. The van der Waals surface area contributed by atoms with E-state index in [9.17, 15) is 14.4 Å². The quantitative estimate of drug-likeness (QED) is 0.754. The predicted molar refractivity (Wildman–Crippen MR) is 106 cm³/mol. The zero-order chi connectivity index (χ0) is 20.1. The maximum absolute atomic E-state index is 12.3. The molecule has 7 heteroatoms. The van der Waals surface area contributed by atoms with Gasteiger partial charge in [0.15, 0.2) is 6.10 Å². The summed E-state index contributed by atoms with van der Waals surface area (Å²) in [4.78, 5) is 37.9. The predicted octanol–water partition coefficient (Wildman–Crippen LogP) is 3.33. The Hall–Kier alpha value is -2.86. The van der Waals surface area contributed by atoms with E-state index in [4.69, 9.17) is 16.3 Å². The summed E-state index contributed by atoms with van der Waals surface area (Å²) in [5, 5.41) is 3.26. The van der Waals surface area contributed by atoms with Gasteiger partial charge in [0, 0.05) is 30.2 Å². The number of esters is 1. The fourth-order valence-corrected chi connectivity index (χ4v) is 3.15. The molecule has 2 aromatic carbocycles. The van der Waals surface area contributed by atoms with Gasteiger partial charge in [-0.2, -0.15) is 0 Å². The van der Waals surface area contributed by atoms with Crippen LogP contribution in [0.2, 0.25) is 5.02 Å². The summed E-state index contributed by atoms with van der Waals surface area (Å²) in [5.41, 5.74) is 1.86. The Labute approximate surface area is 168 Å². The number of ether oxygens (including phenoxy) is 1. The molecule has 1 saturated heterocycles. The molecule has 1 N–H and O–H groups in total.